The van der Waals surface area contributed by atoms with Crippen LogP contribution in [0.15, 0.2) is 60.8 Å². The predicted molar refractivity (Wildman–Crippen MR) is 210 cm³/mol. The minimum Gasteiger partial charge on any atom is -0.462 e. The molecule has 54 heavy (non-hydrogen) atoms. The Kier molecular flexibility index (Phi) is 28.8. The minimum absolute atomic E-state index is 0.108. The minimum atomic E-state index is -4.61. The predicted octanol–water partition coefficient (Wildman–Crippen LogP) is 7.00. The van der Waals surface area contributed by atoms with Crippen molar-refractivity contribution in [3.63, 3.8) is 0 Å². The lowest BCUT2D eigenvalue weighted by Crippen LogP contribution is -2.60. The third-order valence-electron chi connectivity index (χ3n) is 8.58. The Morgan fingerprint density at radius 3 is 1.80 bits per heavy atom. The lowest BCUT2D eigenvalue weighted by atomic mass is 10.00. The fourth-order valence-electron chi connectivity index (χ4n) is 5.47. The van der Waals surface area contributed by atoms with Crippen LogP contribution in [0, 0.1) is 0 Å². The highest BCUT2D eigenvalue weighted by Gasteiger charge is 2.46. The van der Waals surface area contributed by atoms with Crippen molar-refractivity contribution >= 4 is 22.1 Å². The number of aliphatic hydroxyl groups is 3. The lowest BCUT2D eigenvalue weighted by molar-refractivity contribution is -0.297. The van der Waals surface area contributed by atoms with Crippen LogP contribution in [0.2, 0.25) is 0 Å². The fraction of sp³-hybridized carbons (Fsp3) is 0.707. The van der Waals surface area contributed by atoms with Crippen LogP contribution < -0.4 is 0 Å². The standard InChI is InChI=1S/C41H68O12S/c1-3-5-7-9-11-13-15-16-17-18-20-22-24-26-28-30-37(43)52-34(31-50-36(42)29-27-25-23-21-19-14-12-10-8-6-4-2)32-51-41-40(46)39(45)38(44)35(53-41)33-54(47,48)49/h5,7,10-13,16-17,20,22,34-35,38-41,44-46H,3-4,6,8-9,14-15,18-19,21,23-33H2,1-2H3,(H,47,48,49)/b7-5-,12-10-,13-11-,17-16-,22-20-. The molecule has 0 aromatic rings. The average Bonchev–Trinajstić information content (AvgIpc) is 3.13. The van der Waals surface area contributed by atoms with Gasteiger partial charge in [-0.15, -0.1) is 0 Å². The molecule has 1 fully saturated rings. The van der Waals surface area contributed by atoms with Crippen molar-refractivity contribution in [2.24, 2.45) is 0 Å². The maximum atomic E-state index is 12.7. The summed E-state index contributed by atoms with van der Waals surface area (Å²) in [7, 11) is -4.61. The summed E-state index contributed by atoms with van der Waals surface area (Å²) in [6, 6.07) is 0. The fourth-order valence-corrected chi connectivity index (χ4v) is 6.16. The number of hydrogen-bond acceptors (Lipinski definition) is 11. The van der Waals surface area contributed by atoms with Gasteiger partial charge in [-0.05, 0) is 70.6 Å². The van der Waals surface area contributed by atoms with Crippen molar-refractivity contribution in [1.82, 2.24) is 0 Å². The molecular weight excluding hydrogens is 717 g/mol. The summed E-state index contributed by atoms with van der Waals surface area (Å²) >= 11 is 0. The Morgan fingerprint density at radius 2 is 1.17 bits per heavy atom. The van der Waals surface area contributed by atoms with Crippen molar-refractivity contribution in [2.45, 2.75) is 166 Å². The van der Waals surface area contributed by atoms with Gasteiger partial charge in [0.15, 0.2) is 12.4 Å². The second kappa shape index (κ2) is 31.5. The van der Waals surface area contributed by atoms with Crippen molar-refractivity contribution < 1.29 is 56.8 Å². The van der Waals surface area contributed by atoms with Gasteiger partial charge in [-0.2, -0.15) is 8.42 Å². The summed E-state index contributed by atoms with van der Waals surface area (Å²) in [6.45, 7) is 3.52. The second-order valence-electron chi connectivity index (χ2n) is 13.6. The van der Waals surface area contributed by atoms with E-state index in [4.69, 9.17) is 18.9 Å². The van der Waals surface area contributed by atoms with E-state index in [2.05, 4.69) is 74.6 Å². The molecule has 310 valence electrons. The summed E-state index contributed by atoms with van der Waals surface area (Å²) in [4.78, 5) is 25.2. The van der Waals surface area contributed by atoms with E-state index in [-0.39, 0.29) is 19.4 Å². The molecule has 0 spiro atoms. The van der Waals surface area contributed by atoms with Gasteiger partial charge in [-0.3, -0.25) is 14.1 Å². The van der Waals surface area contributed by atoms with Crippen molar-refractivity contribution in [2.75, 3.05) is 19.0 Å². The number of esters is 2. The Hall–Kier alpha value is -2.65. The van der Waals surface area contributed by atoms with Crippen LogP contribution in [-0.2, 0) is 38.7 Å². The zero-order valence-electron chi connectivity index (χ0n) is 32.5. The van der Waals surface area contributed by atoms with E-state index in [0.29, 0.717) is 12.8 Å². The van der Waals surface area contributed by atoms with Gasteiger partial charge in [0, 0.05) is 12.8 Å². The molecule has 1 aliphatic heterocycles. The molecule has 1 heterocycles. The van der Waals surface area contributed by atoms with E-state index in [1.54, 1.807) is 0 Å². The van der Waals surface area contributed by atoms with Gasteiger partial charge < -0.3 is 34.3 Å². The monoisotopic (exact) mass is 784 g/mol. The Morgan fingerprint density at radius 1 is 0.648 bits per heavy atom. The van der Waals surface area contributed by atoms with E-state index in [0.717, 1.165) is 77.0 Å². The number of carbonyl (C=O) groups is 2. The van der Waals surface area contributed by atoms with Gasteiger partial charge >= 0.3 is 11.9 Å². The zero-order valence-corrected chi connectivity index (χ0v) is 33.4. The smallest absolute Gasteiger partial charge is 0.306 e. The van der Waals surface area contributed by atoms with Crippen LogP contribution in [0.4, 0.5) is 0 Å². The van der Waals surface area contributed by atoms with Crippen LogP contribution in [0.1, 0.15) is 129 Å². The molecular formula is C41H68O12S. The Bertz CT molecular complexity index is 1240. The van der Waals surface area contributed by atoms with Gasteiger partial charge in [0.25, 0.3) is 10.1 Å². The van der Waals surface area contributed by atoms with Gasteiger partial charge in [-0.25, -0.2) is 0 Å². The van der Waals surface area contributed by atoms with Crippen LogP contribution in [0.5, 0.6) is 0 Å². The first-order chi connectivity index (χ1) is 26.0. The SMILES string of the molecule is CC/C=C\C/C=C\C/C=C\C/C=C\CCCCC(=O)OC(COC(=O)CCCCCCC/C=C\CCCC)COC1OC(CS(=O)(=O)O)C(O)C(O)C1O. The summed E-state index contributed by atoms with van der Waals surface area (Å²) < 4.78 is 53.8. The maximum Gasteiger partial charge on any atom is 0.306 e. The van der Waals surface area contributed by atoms with Crippen molar-refractivity contribution in [3.8, 4) is 0 Å². The largest absolute Gasteiger partial charge is 0.462 e. The highest BCUT2D eigenvalue weighted by atomic mass is 32.2. The third kappa shape index (κ3) is 26.2. The summed E-state index contributed by atoms with van der Waals surface area (Å²) in [5.74, 6) is -2.06. The number of allylic oxidation sites excluding steroid dienone is 10. The van der Waals surface area contributed by atoms with E-state index in [1.165, 1.54) is 12.8 Å². The summed E-state index contributed by atoms with van der Waals surface area (Å²) in [5.41, 5.74) is 0. The molecule has 0 saturated carbocycles. The van der Waals surface area contributed by atoms with Crippen molar-refractivity contribution in [1.29, 1.82) is 0 Å². The number of hydrogen-bond donors (Lipinski definition) is 4. The molecule has 0 aromatic heterocycles. The molecule has 0 aromatic carbocycles. The van der Waals surface area contributed by atoms with Crippen LogP contribution in [0.25, 0.3) is 0 Å². The molecule has 0 radical (unpaired) electrons. The molecule has 6 atom stereocenters. The van der Waals surface area contributed by atoms with Crippen molar-refractivity contribution in [3.05, 3.63) is 60.8 Å². The van der Waals surface area contributed by atoms with E-state index in [1.807, 2.05) is 0 Å². The maximum absolute atomic E-state index is 12.7. The molecule has 1 rings (SSSR count). The van der Waals surface area contributed by atoms with Gasteiger partial charge in [0.2, 0.25) is 0 Å². The second-order valence-corrected chi connectivity index (χ2v) is 15.1. The molecule has 13 heteroatoms. The van der Waals surface area contributed by atoms with E-state index >= 15 is 0 Å². The zero-order chi connectivity index (χ0) is 39.9. The molecule has 6 unspecified atom stereocenters. The van der Waals surface area contributed by atoms with Gasteiger partial charge in [0.05, 0.1) is 6.61 Å². The number of unbranched alkanes of at least 4 members (excludes halogenated alkanes) is 9. The van der Waals surface area contributed by atoms with E-state index < -0.39 is 71.2 Å². The normalized spacial score (nSPS) is 21.6. The van der Waals surface area contributed by atoms with Gasteiger partial charge in [0.1, 0.15) is 36.8 Å². The summed E-state index contributed by atoms with van der Waals surface area (Å²) in [5, 5.41) is 30.8. The highest BCUT2D eigenvalue weighted by Crippen LogP contribution is 2.24. The Labute approximate surface area is 324 Å². The average molecular weight is 785 g/mol. The van der Waals surface area contributed by atoms with Crippen LogP contribution in [0.3, 0.4) is 0 Å². The molecule has 12 nitrogen and oxygen atoms in total. The Balaban J connectivity index is 2.56. The van der Waals surface area contributed by atoms with E-state index in [9.17, 15) is 37.9 Å². The quantitative estimate of drug-likeness (QED) is 0.0245. The highest BCUT2D eigenvalue weighted by molar-refractivity contribution is 7.85. The molecule has 1 saturated heterocycles. The third-order valence-corrected chi connectivity index (χ3v) is 9.33. The molecule has 0 bridgehead atoms. The number of carbonyl (C=O) groups excluding carboxylic acids is 2. The van der Waals surface area contributed by atoms with Gasteiger partial charge in [-0.1, -0.05) is 107 Å². The molecule has 1 aliphatic rings. The topological polar surface area (TPSA) is 186 Å². The lowest BCUT2D eigenvalue weighted by Gasteiger charge is -2.40. The number of ether oxygens (including phenoxy) is 4. The molecule has 0 amide bonds. The first-order valence-corrected chi connectivity index (χ1v) is 21.5. The number of rotatable bonds is 31. The van der Waals surface area contributed by atoms with Crippen LogP contribution in [-0.4, -0.2) is 96.0 Å². The first-order valence-electron chi connectivity index (χ1n) is 19.8. The number of aliphatic hydroxyl groups excluding tert-OH is 3. The summed E-state index contributed by atoms with van der Waals surface area (Å²) in [6.07, 6.45) is 27.1. The first kappa shape index (κ1) is 49.4. The molecule has 4 N–H and O–H groups in total. The molecule has 0 aliphatic carbocycles. The van der Waals surface area contributed by atoms with Crippen LogP contribution >= 0.6 is 0 Å².